The molecule has 0 radical (unpaired) electrons. The maximum absolute atomic E-state index is 6.06. The third-order valence-electron chi connectivity index (χ3n) is 2.01. The summed E-state index contributed by atoms with van der Waals surface area (Å²) < 4.78 is 0. The largest absolute Gasteiger partial charge is 0.370 e. The molecule has 0 aliphatic rings. The molecule has 0 saturated heterocycles. The number of nitrogens with zero attached hydrogens (tertiary/aromatic N) is 1. The van der Waals surface area contributed by atoms with Crippen LogP contribution in [0.25, 0.3) is 0 Å². The normalized spacial score (nSPS) is 11.9. The summed E-state index contributed by atoms with van der Waals surface area (Å²) in [7, 11) is 0. The van der Waals surface area contributed by atoms with Gasteiger partial charge in [0.25, 0.3) is 0 Å². The van der Waals surface area contributed by atoms with Gasteiger partial charge in [0, 0.05) is 6.54 Å². The zero-order valence-electron chi connectivity index (χ0n) is 9.92. The second-order valence-corrected chi connectivity index (χ2v) is 4.64. The van der Waals surface area contributed by atoms with Crippen molar-refractivity contribution in [2.75, 3.05) is 11.9 Å². The van der Waals surface area contributed by atoms with E-state index in [9.17, 15) is 0 Å². The quantitative estimate of drug-likeness (QED) is 0.629. The number of nitrogens with one attached hydrogen (secondary N) is 1. The summed E-state index contributed by atoms with van der Waals surface area (Å²) in [6.07, 6.45) is 0. The molecule has 88 valence electrons. The highest BCUT2D eigenvalue weighted by molar-refractivity contribution is 6.33. The van der Waals surface area contributed by atoms with Gasteiger partial charge in [0.1, 0.15) is 0 Å². The minimum atomic E-state index is 0.402. The van der Waals surface area contributed by atoms with Crippen LogP contribution in [-0.4, -0.2) is 12.5 Å². The first-order chi connectivity index (χ1) is 7.49. The van der Waals surface area contributed by atoms with Gasteiger partial charge in [0.15, 0.2) is 5.96 Å². The number of hydrogen-bond donors (Lipinski definition) is 2. The lowest BCUT2D eigenvalue weighted by atomic mass is 10.2. The van der Waals surface area contributed by atoms with Crippen LogP contribution in [0.2, 0.25) is 5.02 Å². The summed E-state index contributed by atoms with van der Waals surface area (Å²) in [6.45, 7) is 6.89. The summed E-state index contributed by atoms with van der Waals surface area (Å²) in [5, 5.41) is 3.64. The van der Waals surface area contributed by atoms with Crippen molar-refractivity contribution in [1.29, 1.82) is 0 Å². The molecule has 0 spiro atoms. The molecule has 0 heterocycles. The summed E-state index contributed by atoms with van der Waals surface area (Å²) in [5.74, 6) is 0.897. The van der Waals surface area contributed by atoms with Crippen molar-refractivity contribution in [3.8, 4) is 0 Å². The first-order valence-electron chi connectivity index (χ1n) is 5.32. The number of rotatable bonds is 3. The van der Waals surface area contributed by atoms with Gasteiger partial charge in [-0.15, -0.1) is 0 Å². The van der Waals surface area contributed by atoms with Gasteiger partial charge >= 0.3 is 0 Å². The molecule has 0 saturated carbocycles. The lowest BCUT2D eigenvalue weighted by Crippen LogP contribution is -2.23. The van der Waals surface area contributed by atoms with Crippen LogP contribution in [0.1, 0.15) is 19.4 Å². The zero-order valence-corrected chi connectivity index (χ0v) is 10.7. The molecular weight excluding hydrogens is 222 g/mol. The Balaban J connectivity index is 2.69. The smallest absolute Gasteiger partial charge is 0.193 e. The fraction of sp³-hybridized carbons (Fsp3) is 0.417. The molecule has 1 aromatic carbocycles. The number of anilines is 1. The summed E-state index contributed by atoms with van der Waals surface area (Å²) >= 11 is 6.06. The Morgan fingerprint density at radius 2 is 2.19 bits per heavy atom. The Bertz CT molecular complexity index is 386. The van der Waals surface area contributed by atoms with Crippen LogP contribution in [0.15, 0.2) is 23.2 Å². The molecule has 3 nitrogen and oxygen atoms in total. The van der Waals surface area contributed by atoms with Crippen molar-refractivity contribution in [2.24, 2.45) is 16.6 Å². The molecule has 0 aromatic heterocycles. The molecule has 0 atom stereocenters. The Morgan fingerprint density at radius 1 is 1.50 bits per heavy atom. The molecule has 0 fully saturated rings. The number of aryl methyl sites for hydroxylation is 1. The van der Waals surface area contributed by atoms with E-state index < -0.39 is 0 Å². The van der Waals surface area contributed by atoms with Crippen molar-refractivity contribution in [2.45, 2.75) is 20.8 Å². The summed E-state index contributed by atoms with van der Waals surface area (Å²) in [5.41, 5.74) is 7.65. The lowest BCUT2D eigenvalue weighted by molar-refractivity contribution is 0.665. The highest BCUT2D eigenvalue weighted by Gasteiger charge is 2.01. The number of nitrogens with two attached hydrogens (primary N) is 1. The summed E-state index contributed by atoms with van der Waals surface area (Å²) in [4.78, 5) is 4.21. The molecule has 3 N–H and O–H groups in total. The maximum Gasteiger partial charge on any atom is 0.193 e. The minimum Gasteiger partial charge on any atom is -0.370 e. The van der Waals surface area contributed by atoms with Crippen molar-refractivity contribution in [3.05, 3.63) is 28.8 Å². The average molecular weight is 240 g/mol. The fourth-order valence-corrected chi connectivity index (χ4v) is 1.46. The third-order valence-corrected chi connectivity index (χ3v) is 2.33. The first-order valence-corrected chi connectivity index (χ1v) is 5.70. The van der Waals surface area contributed by atoms with Gasteiger partial charge in [-0.05, 0) is 30.5 Å². The monoisotopic (exact) mass is 239 g/mol. The maximum atomic E-state index is 6.06. The van der Waals surface area contributed by atoms with Gasteiger partial charge in [-0.2, -0.15) is 0 Å². The second-order valence-electron chi connectivity index (χ2n) is 4.23. The Kier molecular flexibility index (Phi) is 4.62. The van der Waals surface area contributed by atoms with Gasteiger partial charge in [-0.1, -0.05) is 31.5 Å². The van der Waals surface area contributed by atoms with Crippen LogP contribution in [0.5, 0.6) is 0 Å². The Labute approximate surface area is 102 Å². The third kappa shape index (κ3) is 4.11. The molecule has 0 bridgehead atoms. The van der Waals surface area contributed by atoms with Crippen LogP contribution in [0, 0.1) is 12.8 Å². The van der Waals surface area contributed by atoms with Gasteiger partial charge < -0.3 is 11.1 Å². The molecule has 1 rings (SSSR count). The Hall–Kier alpha value is -1.22. The molecule has 1 aromatic rings. The van der Waals surface area contributed by atoms with E-state index in [0.29, 0.717) is 23.4 Å². The van der Waals surface area contributed by atoms with Gasteiger partial charge in [0.05, 0.1) is 10.7 Å². The summed E-state index contributed by atoms with van der Waals surface area (Å²) in [6, 6.07) is 5.76. The van der Waals surface area contributed by atoms with E-state index in [2.05, 4.69) is 24.2 Å². The van der Waals surface area contributed by atoms with Gasteiger partial charge in [0.2, 0.25) is 0 Å². The molecule has 16 heavy (non-hydrogen) atoms. The predicted molar refractivity (Wildman–Crippen MR) is 71.1 cm³/mol. The predicted octanol–water partition coefficient (Wildman–Crippen LogP) is 3.03. The molecular formula is C12H18ClN3. The number of hydrogen-bond acceptors (Lipinski definition) is 1. The van der Waals surface area contributed by atoms with Crippen molar-refractivity contribution >= 4 is 23.2 Å². The standard InChI is InChI=1S/C12H18ClN3/c1-8(2)7-15-12(14)16-11-5-4-9(3)6-10(11)13/h4-6,8H,7H2,1-3H3,(H3,14,15,16). The molecule has 4 heteroatoms. The van der Waals surface area contributed by atoms with E-state index in [1.54, 1.807) is 0 Å². The number of benzene rings is 1. The highest BCUT2D eigenvalue weighted by atomic mass is 35.5. The van der Waals surface area contributed by atoms with Crippen LogP contribution in [0.4, 0.5) is 5.69 Å². The van der Waals surface area contributed by atoms with Crippen molar-refractivity contribution in [1.82, 2.24) is 0 Å². The lowest BCUT2D eigenvalue weighted by Gasteiger charge is -2.08. The molecule has 0 amide bonds. The fourth-order valence-electron chi connectivity index (χ4n) is 1.18. The van der Waals surface area contributed by atoms with E-state index in [1.165, 1.54) is 0 Å². The Morgan fingerprint density at radius 3 is 2.75 bits per heavy atom. The topological polar surface area (TPSA) is 50.4 Å². The van der Waals surface area contributed by atoms with E-state index in [0.717, 1.165) is 11.3 Å². The van der Waals surface area contributed by atoms with Crippen molar-refractivity contribution in [3.63, 3.8) is 0 Å². The molecule has 0 aliphatic heterocycles. The second kappa shape index (κ2) is 5.75. The van der Waals surface area contributed by atoms with E-state index in [-0.39, 0.29) is 0 Å². The van der Waals surface area contributed by atoms with E-state index >= 15 is 0 Å². The number of aliphatic imine (C=N–C) groups is 1. The molecule has 0 unspecified atom stereocenters. The van der Waals surface area contributed by atoms with Crippen LogP contribution >= 0.6 is 11.6 Å². The SMILES string of the molecule is Cc1ccc(NC(N)=NCC(C)C)c(Cl)c1. The molecule has 0 aliphatic carbocycles. The van der Waals surface area contributed by atoms with Crippen molar-refractivity contribution < 1.29 is 0 Å². The van der Waals surface area contributed by atoms with Gasteiger partial charge in [-0.3, -0.25) is 4.99 Å². The van der Waals surface area contributed by atoms with Crippen LogP contribution in [-0.2, 0) is 0 Å². The minimum absolute atomic E-state index is 0.402. The van der Waals surface area contributed by atoms with Crippen LogP contribution in [0.3, 0.4) is 0 Å². The zero-order chi connectivity index (χ0) is 12.1. The average Bonchev–Trinajstić information content (AvgIpc) is 2.19. The highest BCUT2D eigenvalue weighted by Crippen LogP contribution is 2.22. The van der Waals surface area contributed by atoms with Crippen LogP contribution < -0.4 is 11.1 Å². The first kappa shape index (κ1) is 12.8. The van der Waals surface area contributed by atoms with E-state index in [4.69, 9.17) is 17.3 Å². The van der Waals surface area contributed by atoms with E-state index in [1.807, 2.05) is 25.1 Å². The van der Waals surface area contributed by atoms with Gasteiger partial charge in [-0.25, -0.2) is 0 Å². The number of guanidine groups is 1. The number of halogens is 1.